The van der Waals surface area contributed by atoms with E-state index in [4.69, 9.17) is 9.47 Å². The van der Waals surface area contributed by atoms with Crippen LogP contribution in [-0.2, 0) is 14.3 Å². The van der Waals surface area contributed by atoms with E-state index < -0.39 is 17.7 Å². The average Bonchev–Trinajstić information content (AvgIpc) is 2.25. The van der Waals surface area contributed by atoms with E-state index in [0.717, 1.165) is 6.42 Å². The fraction of sp³-hybridized carbons (Fsp3) is 0.846. The molecule has 0 aromatic carbocycles. The molecule has 0 radical (unpaired) electrons. The van der Waals surface area contributed by atoms with Gasteiger partial charge in [0.25, 0.3) is 0 Å². The number of amides is 1. The number of piperidine rings is 1. The lowest BCUT2D eigenvalue weighted by atomic mass is 9.93. The largest absolute Gasteiger partial charge is 0.467 e. The summed E-state index contributed by atoms with van der Waals surface area (Å²) in [5.41, 5.74) is -0.555. The van der Waals surface area contributed by atoms with Crippen molar-refractivity contribution in [3.63, 3.8) is 0 Å². The molecule has 0 N–H and O–H groups in total. The van der Waals surface area contributed by atoms with Crippen molar-refractivity contribution in [2.24, 2.45) is 5.92 Å². The van der Waals surface area contributed by atoms with Crippen LogP contribution in [0, 0.1) is 5.92 Å². The van der Waals surface area contributed by atoms with Crippen molar-refractivity contribution >= 4 is 12.1 Å². The van der Waals surface area contributed by atoms with Crippen molar-refractivity contribution in [1.29, 1.82) is 0 Å². The van der Waals surface area contributed by atoms with Crippen molar-refractivity contribution in [2.75, 3.05) is 13.7 Å². The zero-order chi connectivity index (χ0) is 13.9. The van der Waals surface area contributed by atoms with E-state index >= 15 is 0 Å². The van der Waals surface area contributed by atoms with E-state index in [9.17, 15) is 9.59 Å². The fourth-order valence-corrected chi connectivity index (χ4v) is 2.04. The molecule has 18 heavy (non-hydrogen) atoms. The van der Waals surface area contributed by atoms with Crippen molar-refractivity contribution in [3.8, 4) is 0 Å². The van der Waals surface area contributed by atoms with E-state index in [1.54, 1.807) is 0 Å². The first kappa shape index (κ1) is 14.8. The molecule has 0 aliphatic carbocycles. The van der Waals surface area contributed by atoms with Crippen molar-refractivity contribution in [3.05, 3.63) is 0 Å². The van der Waals surface area contributed by atoms with Gasteiger partial charge in [0.2, 0.25) is 0 Å². The summed E-state index contributed by atoms with van der Waals surface area (Å²) >= 11 is 0. The Labute approximate surface area is 108 Å². The zero-order valence-electron chi connectivity index (χ0n) is 11.9. The number of esters is 1. The summed E-state index contributed by atoms with van der Waals surface area (Å²) in [6.07, 6.45) is 1.07. The van der Waals surface area contributed by atoms with Crippen LogP contribution in [0.15, 0.2) is 0 Å². The van der Waals surface area contributed by atoms with Gasteiger partial charge >= 0.3 is 12.1 Å². The second kappa shape index (κ2) is 5.59. The van der Waals surface area contributed by atoms with Gasteiger partial charge in [0.15, 0.2) is 0 Å². The lowest BCUT2D eigenvalue weighted by Crippen LogP contribution is -2.51. The highest BCUT2D eigenvalue weighted by molar-refractivity contribution is 5.81. The fourth-order valence-electron chi connectivity index (χ4n) is 2.04. The summed E-state index contributed by atoms with van der Waals surface area (Å²) in [5, 5.41) is 0. The van der Waals surface area contributed by atoms with Crippen LogP contribution in [0.4, 0.5) is 4.79 Å². The van der Waals surface area contributed by atoms with Gasteiger partial charge < -0.3 is 9.47 Å². The summed E-state index contributed by atoms with van der Waals surface area (Å²) in [6, 6.07) is -0.520. The first-order valence-corrected chi connectivity index (χ1v) is 6.32. The molecule has 1 amide bonds. The van der Waals surface area contributed by atoms with E-state index in [1.165, 1.54) is 12.0 Å². The number of rotatable bonds is 1. The SMILES string of the molecule is COC(=O)[C@@H]1C[C@@H](C)CCN1C(=O)OC(C)(C)C. The van der Waals surface area contributed by atoms with Gasteiger partial charge in [0, 0.05) is 6.54 Å². The Bertz CT molecular complexity index is 321. The summed E-state index contributed by atoms with van der Waals surface area (Å²) in [4.78, 5) is 25.3. The van der Waals surface area contributed by atoms with Crippen LogP contribution in [0.3, 0.4) is 0 Å². The molecule has 0 spiro atoms. The lowest BCUT2D eigenvalue weighted by Gasteiger charge is -2.37. The van der Waals surface area contributed by atoms with Crippen LogP contribution >= 0.6 is 0 Å². The number of carbonyl (C=O) groups excluding carboxylic acids is 2. The molecule has 1 aliphatic heterocycles. The molecule has 0 bridgehead atoms. The topological polar surface area (TPSA) is 55.8 Å². The predicted octanol–water partition coefficient (Wildman–Crippen LogP) is 2.20. The lowest BCUT2D eigenvalue weighted by molar-refractivity contribution is -0.148. The Kier molecular flexibility index (Phi) is 4.59. The smallest absolute Gasteiger partial charge is 0.411 e. The molecule has 1 heterocycles. The second-order valence-corrected chi connectivity index (χ2v) is 5.84. The van der Waals surface area contributed by atoms with Gasteiger partial charge in [0.05, 0.1) is 7.11 Å². The Morgan fingerprint density at radius 1 is 1.28 bits per heavy atom. The highest BCUT2D eigenvalue weighted by atomic mass is 16.6. The summed E-state index contributed by atoms with van der Waals surface area (Å²) in [6.45, 7) is 8.04. The number of methoxy groups -OCH3 is 1. The predicted molar refractivity (Wildman–Crippen MR) is 67.1 cm³/mol. The van der Waals surface area contributed by atoms with Crippen molar-refractivity contribution in [1.82, 2.24) is 4.90 Å². The normalized spacial score (nSPS) is 24.6. The van der Waals surface area contributed by atoms with Crippen LogP contribution in [0.5, 0.6) is 0 Å². The molecule has 5 nitrogen and oxygen atoms in total. The maximum Gasteiger partial charge on any atom is 0.411 e. The third-order valence-corrected chi connectivity index (χ3v) is 2.97. The van der Waals surface area contributed by atoms with Crippen LogP contribution in [-0.4, -0.2) is 42.3 Å². The molecule has 2 atom stereocenters. The summed E-state index contributed by atoms with van der Waals surface area (Å²) in [7, 11) is 1.34. The third kappa shape index (κ3) is 3.89. The van der Waals surface area contributed by atoms with Gasteiger partial charge in [-0.05, 0) is 39.5 Å². The summed E-state index contributed by atoms with van der Waals surface area (Å²) < 4.78 is 10.1. The van der Waals surface area contributed by atoms with E-state index in [0.29, 0.717) is 18.9 Å². The molecule has 0 unspecified atom stereocenters. The number of likely N-dealkylation sites (tertiary alicyclic amines) is 1. The molecule has 1 fully saturated rings. The molecule has 1 aliphatic rings. The van der Waals surface area contributed by atoms with Gasteiger partial charge in [-0.25, -0.2) is 9.59 Å². The van der Waals surface area contributed by atoms with E-state index in [1.807, 2.05) is 20.8 Å². The molecular formula is C13H23NO4. The molecule has 104 valence electrons. The molecule has 1 saturated heterocycles. The first-order chi connectivity index (χ1) is 8.24. The van der Waals surface area contributed by atoms with Crippen molar-refractivity contribution in [2.45, 2.75) is 52.2 Å². The van der Waals surface area contributed by atoms with E-state index in [2.05, 4.69) is 6.92 Å². The Morgan fingerprint density at radius 3 is 2.39 bits per heavy atom. The Balaban J connectivity index is 2.77. The zero-order valence-corrected chi connectivity index (χ0v) is 11.9. The quantitative estimate of drug-likeness (QED) is 0.676. The van der Waals surface area contributed by atoms with Crippen molar-refractivity contribution < 1.29 is 19.1 Å². The van der Waals surface area contributed by atoms with E-state index in [-0.39, 0.29) is 5.97 Å². The minimum absolute atomic E-state index is 0.368. The van der Waals surface area contributed by atoms with Crippen LogP contribution < -0.4 is 0 Å². The van der Waals surface area contributed by atoms with Gasteiger partial charge in [0.1, 0.15) is 11.6 Å². The van der Waals surface area contributed by atoms with Gasteiger partial charge in [-0.2, -0.15) is 0 Å². The highest BCUT2D eigenvalue weighted by Gasteiger charge is 2.37. The molecule has 0 aromatic heterocycles. The standard InChI is InChI=1S/C13H23NO4/c1-9-6-7-14(10(8-9)11(15)17-5)12(16)18-13(2,3)4/h9-10H,6-8H2,1-5H3/t9-,10-/m0/s1. The average molecular weight is 257 g/mol. The molecule has 0 aromatic rings. The van der Waals surface area contributed by atoms with Gasteiger partial charge in [-0.15, -0.1) is 0 Å². The number of nitrogens with zero attached hydrogens (tertiary/aromatic N) is 1. The number of hydrogen-bond acceptors (Lipinski definition) is 4. The maximum atomic E-state index is 12.0. The van der Waals surface area contributed by atoms with Crippen LogP contribution in [0.2, 0.25) is 0 Å². The third-order valence-electron chi connectivity index (χ3n) is 2.97. The molecular weight excluding hydrogens is 234 g/mol. The Hall–Kier alpha value is -1.26. The minimum atomic E-state index is -0.555. The summed E-state index contributed by atoms with van der Waals surface area (Å²) in [5.74, 6) is 0.0418. The number of ether oxygens (including phenoxy) is 2. The highest BCUT2D eigenvalue weighted by Crippen LogP contribution is 2.25. The Morgan fingerprint density at radius 2 is 1.89 bits per heavy atom. The first-order valence-electron chi connectivity index (χ1n) is 6.32. The van der Waals surface area contributed by atoms with Gasteiger partial charge in [-0.1, -0.05) is 6.92 Å². The second-order valence-electron chi connectivity index (χ2n) is 5.84. The molecule has 5 heteroatoms. The van der Waals surface area contributed by atoms with Crippen LogP contribution in [0.1, 0.15) is 40.5 Å². The van der Waals surface area contributed by atoms with Crippen LogP contribution in [0.25, 0.3) is 0 Å². The van der Waals surface area contributed by atoms with Gasteiger partial charge in [-0.3, -0.25) is 4.90 Å². The minimum Gasteiger partial charge on any atom is -0.467 e. The number of hydrogen-bond donors (Lipinski definition) is 0. The molecule has 0 saturated carbocycles. The molecule has 1 rings (SSSR count). The maximum absolute atomic E-state index is 12.0. The monoisotopic (exact) mass is 257 g/mol. The number of carbonyl (C=O) groups is 2.